The molecule has 2 aromatic rings. The molecule has 0 unspecified atom stereocenters. The maximum absolute atomic E-state index is 12.8. The molecular weight excluding hydrogens is 332 g/mol. The monoisotopic (exact) mass is 354 g/mol. The average molecular weight is 354 g/mol. The number of amides is 2. The maximum Gasteiger partial charge on any atom is 0.265 e. The number of nitrogens with zero attached hydrogens (tertiary/aromatic N) is 1. The molecule has 5 heteroatoms. The van der Waals surface area contributed by atoms with Gasteiger partial charge in [0.05, 0.1) is 16.1 Å². The van der Waals surface area contributed by atoms with Gasteiger partial charge in [0.25, 0.3) is 11.8 Å². The topological polar surface area (TPSA) is 49.4 Å². The first-order chi connectivity index (χ1) is 12.2. The second kappa shape index (κ2) is 7.00. The van der Waals surface area contributed by atoms with Crippen LogP contribution in [0.4, 0.5) is 5.69 Å². The zero-order valence-corrected chi connectivity index (χ0v) is 15.0. The lowest BCUT2D eigenvalue weighted by atomic mass is 10.1. The van der Waals surface area contributed by atoms with Gasteiger partial charge in [-0.15, -0.1) is 11.3 Å². The van der Waals surface area contributed by atoms with Crippen molar-refractivity contribution in [3.05, 3.63) is 51.2 Å². The Balaban J connectivity index is 1.53. The van der Waals surface area contributed by atoms with Crippen LogP contribution in [0.15, 0.2) is 30.3 Å². The summed E-state index contributed by atoms with van der Waals surface area (Å²) in [6.45, 7) is 1.61. The molecule has 1 saturated heterocycles. The van der Waals surface area contributed by atoms with Gasteiger partial charge in [-0.2, -0.15) is 0 Å². The molecule has 25 heavy (non-hydrogen) atoms. The van der Waals surface area contributed by atoms with Crippen LogP contribution < -0.4 is 5.32 Å². The molecule has 4 rings (SSSR count). The largest absolute Gasteiger partial charge is 0.339 e. The first kappa shape index (κ1) is 16.3. The normalized spacial score (nSPS) is 16.6. The Morgan fingerprint density at radius 3 is 2.60 bits per heavy atom. The van der Waals surface area contributed by atoms with E-state index in [4.69, 9.17) is 0 Å². The van der Waals surface area contributed by atoms with Gasteiger partial charge in [0, 0.05) is 18.0 Å². The first-order valence-electron chi connectivity index (χ1n) is 9.03. The number of hydrogen-bond donors (Lipinski definition) is 1. The number of benzene rings is 1. The van der Waals surface area contributed by atoms with Crippen LogP contribution in [-0.2, 0) is 12.8 Å². The van der Waals surface area contributed by atoms with E-state index in [0.29, 0.717) is 11.3 Å². The number of piperidine rings is 1. The second-order valence-corrected chi connectivity index (χ2v) is 7.90. The lowest BCUT2D eigenvalue weighted by Gasteiger charge is -2.27. The predicted octanol–water partition coefficient (Wildman–Crippen LogP) is 4.12. The summed E-state index contributed by atoms with van der Waals surface area (Å²) in [4.78, 5) is 29.4. The number of anilines is 1. The SMILES string of the molecule is O=C(Nc1ccccc1C(=O)N1CCCCC1)c1cc2c(s1)CCC2. The molecule has 1 aromatic carbocycles. The zero-order valence-electron chi connectivity index (χ0n) is 14.2. The molecule has 130 valence electrons. The van der Waals surface area contributed by atoms with Crippen molar-refractivity contribution in [2.45, 2.75) is 38.5 Å². The minimum atomic E-state index is -0.113. The Kier molecular flexibility index (Phi) is 4.57. The molecule has 0 bridgehead atoms. The Bertz CT molecular complexity index is 784. The Morgan fingerprint density at radius 2 is 1.80 bits per heavy atom. The third kappa shape index (κ3) is 3.33. The molecule has 1 aliphatic carbocycles. The van der Waals surface area contributed by atoms with Crippen LogP contribution >= 0.6 is 11.3 Å². The molecular formula is C20H22N2O2S. The van der Waals surface area contributed by atoms with Crippen molar-refractivity contribution >= 4 is 28.8 Å². The van der Waals surface area contributed by atoms with Gasteiger partial charge >= 0.3 is 0 Å². The molecule has 2 amide bonds. The van der Waals surface area contributed by atoms with E-state index in [2.05, 4.69) is 5.32 Å². The van der Waals surface area contributed by atoms with Gasteiger partial charge in [-0.1, -0.05) is 12.1 Å². The highest BCUT2D eigenvalue weighted by molar-refractivity contribution is 7.14. The summed E-state index contributed by atoms with van der Waals surface area (Å²) >= 11 is 1.58. The van der Waals surface area contributed by atoms with Crippen molar-refractivity contribution < 1.29 is 9.59 Å². The fraction of sp³-hybridized carbons (Fsp3) is 0.400. The summed E-state index contributed by atoms with van der Waals surface area (Å²) in [5.74, 6) is -0.0948. The fourth-order valence-corrected chi connectivity index (χ4v) is 4.82. The summed E-state index contributed by atoms with van der Waals surface area (Å²) in [6.07, 6.45) is 6.64. The van der Waals surface area contributed by atoms with E-state index in [0.717, 1.165) is 43.6 Å². The summed E-state index contributed by atoms with van der Waals surface area (Å²) in [5.41, 5.74) is 2.51. The van der Waals surface area contributed by atoms with Crippen molar-refractivity contribution in [1.29, 1.82) is 0 Å². The fourth-order valence-electron chi connectivity index (χ4n) is 3.67. The van der Waals surface area contributed by atoms with Gasteiger partial charge in [-0.05, 0) is 62.3 Å². The number of thiophene rings is 1. The van der Waals surface area contributed by atoms with Crippen molar-refractivity contribution in [3.63, 3.8) is 0 Å². The summed E-state index contributed by atoms with van der Waals surface area (Å²) in [5, 5.41) is 2.96. The van der Waals surface area contributed by atoms with Gasteiger partial charge in [0.2, 0.25) is 0 Å². The van der Waals surface area contributed by atoms with Crippen molar-refractivity contribution in [2.24, 2.45) is 0 Å². The van der Waals surface area contributed by atoms with E-state index in [9.17, 15) is 9.59 Å². The van der Waals surface area contributed by atoms with Gasteiger partial charge in [-0.3, -0.25) is 9.59 Å². The third-order valence-electron chi connectivity index (χ3n) is 5.02. The van der Waals surface area contributed by atoms with Crippen molar-refractivity contribution in [2.75, 3.05) is 18.4 Å². The molecule has 1 fully saturated rings. The number of aryl methyl sites for hydroxylation is 2. The zero-order chi connectivity index (χ0) is 17.2. The van der Waals surface area contributed by atoms with Gasteiger partial charge < -0.3 is 10.2 Å². The van der Waals surface area contributed by atoms with Crippen LogP contribution in [0, 0.1) is 0 Å². The minimum absolute atomic E-state index is 0.0178. The number of carbonyl (C=O) groups excluding carboxylic acids is 2. The maximum atomic E-state index is 12.8. The highest BCUT2D eigenvalue weighted by atomic mass is 32.1. The number of para-hydroxylation sites is 1. The van der Waals surface area contributed by atoms with Crippen LogP contribution in [-0.4, -0.2) is 29.8 Å². The van der Waals surface area contributed by atoms with E-state index in [1.165, 1.54) is 23.3 Å². The van der Waals surface area contributed by atoms with Crippen molar-refractivity contribution in [3.8, 4) is 0 Å². The van der Waals surface area contributed by atoms with E-state index in [1.807, 2.05) is 29.2 Å². The number of fused-ring (bicyclic) bond motifs is 1. The van der Waals surface area contributed by atoms with E-state index >= 15 is 0 Å². The number of hydrogen-bond acceptors (Lipinski definition) is 3. The minimum Gasteiger partial charge on any atom is -0.339 e. The van der Waals surface area contributed by atoms with Gasteiger partial charge in [0.1, 0.15) is 0 Å². The van der Waals surface area contributed by atoms with E-state index in [1.54, 1.807) is 17.4 Å². The smallest absolute Gasteiger partial charge is 0.265 e. The van der Waals surface area contributed by atoms with Crippen LogP contribution in [0.25, 0.3) is 0 Å². The molecule has 0 spiro atoms. The molecule has 2 aliphatic rings. The molecule has 1 aliphatic heterocycles. The van der Waals surface area contributed by atoms with E-state index < -0.39 is 0 Å². The van der Waals surface area contributed by atoms with Gasteiger partial charge in [-0.25, -0.2) is 0 Å². The number of likely N-dealkylation sites (tertiary alicyclic amines) is 1. The summed E-state index contributed by atoms with van der Waals surface area (Å²) in [6, 6.07) is 9.35. The standard InChI is InChI=1S/C20H22N2O2S/c23-19(18-13-14-7-6-10-17(14)25-18)21-16-9-3-2-8-15(16)20(24)22-11-4-1-5-12-22/h2-3,8-9,13H,1,4-7,10-12H2,(H,21,23). The molecule has 2 heterocycles. The Hall–Kier alpha value is -2.14. The first-order valence-corrected chi connectivity index (χ1v) is 9.85. The quantitative estimate of drug-likeness (QED) is 0.901. The molecule has 1 aromatic heterocycles. The molecule has 4 nitrogen and oxygen atoms in total. The predicted molar refractivity (Wildman–Crippen MR) is 100 cm³/mol. The molecule has 0 radical (unpaired) electrons. The van der Waals surface area contributed by atoms with Crippen LogP contribution in [0.5, 0.6) is 0 Å². The average Bonchev–Trinajstić information content (AvgIpc) is 3.24. The van der Waals surface area contributed by atoms with Crippen LogP contribution in [0.1, 0.15) is 56.2 Å². The van der Waals surface area contributed by atoms with Gasteiger partial charge in [0.15, 0.2) is 0 Å². The third-order valence-corrected chi connectivity index (χ3v) is 6.26. The van der Waals surface area contributed by atoms with E-state index in [-0.39, 0.29) is 11.8 Å². The number of nitrogens with one attached hydrogen (secondary N) is 1. The number of rotatable bonds is 3. The Labute approximate surface area is 151 Å². The van der Waals surface area contributed by atoms with Crippen LogP contribution in [0.2, 0.25) is 0 Å². The highest BCUT2D eigenvalue weighted by Crippen LogP contribution is 2.31. The molecule has 0 saturated carbocycles. The Morgan fingerprint density at radius 1 is 1.00 bits per heavy atom. The second-order valence-electron chi connectivity index (χ2n) is 6.77. The lowest BCUT2D eigenvalue weighted by Crippen LogP contribution is -2.36. The molecule has 0 atom stereocenters. The van der Waals surface area contributed by atoms with Crippen molar-refractivity contribution in [1.82, 2.24) is 4.90 Å². The number of carbonyl (C=O) groups is 2. The lowest BCUT2D eigenvalue weighted by molar-refractivity contribution is 0.0725. The van der Waals surface area contributed by atoms with Crippen LogP contribution in [0.3, 0.4) is 0 Å². The highest BCUT2D eigenvalue weighted by Gasteiger charge is 2.23. The summed E-state index contributed by atoms with van der Waals surface area (Å²) < 4.78 is 0. The molecule has 1 N–H and O–H groups in total. The summed E-state index contributed by atoms with van der Waals surface area (Å²) in [7, 11) is 0.